The van der Waals surface area contributed by atoms with E-state index in [1.165, 1.54) is 0 Å². The third-order valence-electron chi connectivity index (χ3n) is 4.96. The van der Waals surface area contributed by atoms with Gasteiger partial charge in [-0.25, -0.2) is 0 Å². The molecule has 6 heteroatoms. The summed E-state index contributed by atoms with van der Waals surface area (Å²) in [6.07, 6.45) is 1.72. The van der Waals surface area contributed by atoms with Crippen molar-refractivity contribution in [2.45, 2.75) is 11.8 Å². The number of nitrogens with zero attached hydrogens (tertiary/aromatic N) is 1. The maximum atomic E-state index is 6.15. The number of thioether (sulfide) groups is 1. The molecule has 0 aliphatic rings. The van der Waals surface area contributed by atoms with E-state index in [0.29, 0.717) is 23.9 Å². The van der Waals surface area contributed by atoms with Crippen LogP contribution in [-0.4, -0.2) is 31.6 Å². The van der Waals surface area contributed by atoms with Crippen LogP contribution < -0.4 is 18.9 Å². The highest BCUT2D eigenvalue weighted by atomic mass is 32.2. The first kappa shape index (κ1) is 21.8. The molecule has 32 heavy (non-hydrogen) atoms. The molecule has 0 bridgehead atoms. The van der Waals surface area contributed by atoms with E-state index < -0.39 is 0 Å². The predicted octanol–water partition coefficient (Wildman–Crippen LogP) is 6.52. The second-order valence-corrected chi connectivity index (χ2v) is 8.24. The Balaban J connectivity index is 1.39. The number of aryl methyl sites for hydroxylation is 1. The summed E-state index contributed by atoms with van der Waals surface area (Å²) in [7, 11) is 3.22. The lowest BCUT2D eigenvalue weighted by Gasteiger charge is -2.12. The van der Waals surface area contributed by atoms with E-state index in [4.69, 9.17) is 18.9 Å². The zero-order chi connectivity index (χ0) is 22.3. The fourth-order valence-corrected chi connectivity index (χ4v) is 4.03. The van der Waals surface area contributed by atoms with Crippen molar-refractivity contribution in [2.24, 2.45) is 0 Å². The van der Waals surface area contributed by atoms with Crippen molar-refractivity contribution in [1.82, 2.24) is 4.98 Å². The second-order valence-electron chi connectivity index (χ2n) is 7.07. The highest BCUT2D eigenvalue weighted by Crippen LogP contribution is 2.37. The quantitative estimate of drug-likeness (QED) is 0.215. The third kappa shape index (κ3) is 5.08. The molecule has 0 radical (unpaired) electrons. The molecule has 0 atom stereocenters. The van der Waals surface area contributed by atoms with Gasteiger partial charge in [0.2, 0.25) is 0 Å². The molecule has 0 amide bonds. The fourth-order valence-electron chi connectivity index (χ4n) is 3.30. The molecule has 0 unspecified atom stereocenters. The Morgan fingerprint density at radius 1 is 0.812 bits per heavy atom. The van der Waals surface area contributed by atoms with Crippen molar-refractivity contribution in [2.75, 3.05) is 26.6 Å². The number of hydrogen-bond acceptors (Lipinski definition) is 6. The van der Waals surface area contributed by atoms with Crippen LogP contribution in [0.15, 0.2) is 77.8 Å². The topological polar surface area (TPSA) is 49.8 Å². The molecule has 164 valence electrons. The maximum absolute atomic E-state index is 6.15. The molecule has 1 aromatic heterocycles. The van der Waals surface area contributed by atoms with Gasteiger partial charge in [0.05, 0.1) is 26.3 Å². The normalized spacial score (nSPS) is 10.7. The van der Waals surface area contributed by atoms with Crippen LogP contribution in [0.3, 0.4) is 0 Å². The van der Waals surface area contributed by atoms with E-state index in [0.717, 1.165) is 38.6 Å². The Morgan fingerprint density at radius 2 is 1.56 bits per heavy atom. The van der Waals surface area contributed by atoms with Crippen LogP contribution in [0, 0.1) is 6.92 Å². The summed E-state index contributed by atoms with van der Waals surface area (Å²) in [5, 5.41) is 0.858. The van der Waals surface area contributed by atoms with Crippen molar-refractivity contribution >= 4 is 22.7 Å². The van der Waals surface area contributed by atoms with E-state index in [1.807, 2.05) is 48.5 Å². The first-order valence-electron chi connectivity index (χ1n) is 10.3. The molecular weight excluding hydrogens is 422 g/mol. The summed E-state index contributed by atoms with van der Waals surface area (Å²) in [6, 6.07) is 21.7. The lowest BCUT2D eigenvalue weighted by Crippen LogP contribution is -2.01. The van der Waals surface area contributed by atoms with Crippen molar-refractivity contribution < 1.29 is 18.9 Å². The molecule has 0 N–H and O–H groups in total. The van der Waals surface area contributed by atoms with Gasteiger partial charge in [-0.2, -0.15) is 0 Å². The summed E-state index contributed by atoms with van der Waals surface area (Å²) in [6.45, 7) is 2.71. The Bertz CT molecular complexity index is 1190. The van der Waals surface area contributed by atoms with Crippen LogP contribution in [0.4, 0.5) is 0 Å². The predicted molar refractivity (Wildman–Crippen MR) is 129 cm³/mol. The van der Waals surface area contributed by atoms with Gasteiger partial charge in [0.15, 0.2) is 11.5 Å². The van der Waals surface area contributed by atoms with Gasteiger partial charge >= 0.3 is 0 Å². The number of aromatic nitrogens is 1. The van der Waals surface area contributed by atoms with E-state index in [9.17, 15) is 0 Å². The fraction of sp³-hybridized carbons (Fsp3) is 0.192. The standard InChI is InChI=1S/C26H25NO4S/c1-18-6-4-5-7-23(18)30-14-15-32-20-10-8-19(9-11-20)31-24-12-13-27-22-17-26(29-3)25(28-2)16-21(22)24/h4-13,16-17H,14-15H2,1-3H3. The Labute approximate surface area is 192 Å². The van der Waals surface area contributed by atoms with Gasteiger partial charge in [-0.15, -0.1) is 11.8 Å². The van der Waals surface area contributed by atoms with Gasteiger partial charge in [-0.1, -0.05) is 18.2 Å². The van der Waals surface area contributed by atoms with Gasteiger partial charge in [0.1, 0.15) is 17.2 Å². The average molecular weight is 448 g/mol. The largest absolute Gasteiger partial charge is 0.493 e. The Kier molecular flexibility index (Phi) is 7.02. The van der Waals surface area contributed by atoms with Gasteiger partial charge in [-0.05, 0) is 55.0 Å². The SMILES string of the molecule is COc1cc2nccc(Oc3ccc(SCCOc4ccccc4C)cc3)c2cc1OC. The number of ether oxygens (including phenoxy) is 4. The number of benzene rings is 3. The van der Waals surface area contributed by atoms with Crippen molar-refractivity contribution in [3.8, 4) is 28.7 Å². The third-order valence-corrected chi connectivity index (χ3v) is 5.94. The zero-order valence-electron chi connectivity index (χ0n) is 18.3. The first-order chi connectivity index (χ1) is 15.7. The van der Waals surface area contributed by atoms with E-state index >= 15 is 0 Å². The minimum atomic E-state index is 0.637. The van der Waals surface area contributed by atoms with Crippen LogP contribution in [0.25, 0.3) is 10.9 Å². The summed E-state index contributed by atoms with van der Waals surface area (Å²) in [5.74, 6) is 4.55. The van der Waals surface area contributed by atoms with E-state index in [2.05, 4.69) is 30.1 Å². The summed E-state index contributed by atoms with van der Waals surface area (Å²) in [5.41, 5.74) is 1.93. The van der Waals surface area contributed by atoms with Crippen LogP contribution >= 0.6 is 11.8 Å². The summed E-state index contributed by atoms with van der Waals surface area (Å²) >= 11 is 1.75. The minimum Gasteiger partial charge on any atom is -0.493 e. The molecular formula is C26H25NO4S. The van der Waals surface area contributed by atoms with Crippen molar-refractivity contribution in [3.05, 3.63) is 78.5 Å². The lowest BCUT2D eigenvalue weighted by atomic mass is 10.2. The number of rotatable bonds is 9. The molecule has 0 fully saturated rings. The number of fused-ring (bicyclic) bond motifs is 1. The van der Waals surface area contributed by atoms with Crippen LogP contribution in [-0.2, 0) is 0 Å². The molecule has 5 nitrogen and oxygen atoms in total. The minimum absolute atomic E-state index is 0.637. The second kappa shape index (κ2) is 10.3. The molecule has 3 aromatic carbocycles. The smallest absolute Gasteiger partial charge is 0.162 e. The monoisotopic (exact) mass is 447 g/mol. The van der Waals surface area contributed by atoms with Gasteiger partial charge in [0, 0.05) is 28.3 Å². The highest BCUT2D eigenvalue weighted by Gasteiger charge is 2.11. The zero-order valence-corrected chi connectivity index (χ0v) is 19.1. The molecule has 0 saturated heterocycles. The molecule has 1 heterocycles. The molecule has 0 aliphatic heterocycles. The van der Waals surface area contributed by atoms with E-state index in [1.54, 1.807) is 32.2 Å². The molecule has 0 saturated carbocycles. The van der Waals surface area contributed by atoms with Crippen molar-refractivity contribution in [3.63, 3.8) is 0 Å². The average Bonchev–Trinajstić information content (AvgIpc) is 2.83. The van der Waals surface area contributed by atoms with Crippen LogP contribution in [0.1, 0.15) is 5.56 Å². The molecule has 0 spiro atoms. The number of para-hydroxylation sites is 1. The first-order valence-corrected chi connectivity index (χ1v) is 11.3. The van der Waals surface area contributed by atoms with Gasteiger partial charge in [-0.3, -0.25) is 4.98 Å². The highest BCUT2D eigenvalue weighted by molar-refractivity contribution is 7.99. The summed E-state index contributed by atoms with van der Waals surface area (Å²) < 4.78 is 22.8. The Hall–Kier alpha value is -3.38. The van der Waals surface area contributed by atoms with E-state index in [-0.39, 0.29) is 0 Å². The number of methoxy groups -OCH3 is 2. The number of hydrogen-bond donors (Lipinski definition) is 0. The Morgan fingerprint density at radius 3 is 2.31 bits per heavy atom. The molecule has 4 aromatic rings. The van der Waals surface area contributed by atoms with Crippen molar-refractivity contribution in [1.29, 1.82) is 0 Å². The van der Waals surface area contributed by atoms with Gasteiger partial charge in [0.25, 0.3) is 0 Å². The maximum Gasteiger partial charge on any atom is 0.162 e. The number of pyridine rings is 1. The van der Waals surface area contributed by atoms with Crippen LogP contribution in [0.2, 0.25) is 0 Å². The molecule has 4 rings (SSSR count). The molecule has 0 aliphatic carbocycles. The summed E-state index contributed by atoms with van der Waals surface area (Å²) in [4.78, 5) is 5.58. The van der Waals surface area contributed by atoms with Crippen LogP contribution in [0.5, 0.6) is 28.7 Å². The lowest BCUT2D eigenvalue weighted by molar-refractivity contribution is 0.341. The van der Waals surface area contributed by atoms with Gasteiger partial charge < -0.3 is 18.9 Å².